The lowest BCUT2D eigenvalue weighted by atomic mass is 9.27. The molecule has 0 unspecified atom stereocenters. The van der Waals surface area contributed by atoms with Crippen molar-refractivity contribution < 1.29 is 4.65 Å². The molecule has 0 aromatic heterocycles. The van der Waals surface area contributed by atoms with Crippen molar-refractivity contribution >= 4 is 18.5 Å². The van der Waals surface area contributed by atoms with Crippen molar-refractivity contribution in [1.29, 1.82) is 0 Å². The van der Waals surface area contributed by atoms with Crippen LogP contribution in [0.4, 0.5) is 0 Å². The van der Waals surface area contributed by atoms with Gasteiger partial charge in [-0.15, -0.1) is 18.2 Å². The van der Waals surface area contributed by atoms with Gasteiger partial charge in [0.15, 0.2) is 0 Å². The first-order valence-corrected chi connectivity index (χ1v) is 14.0. The Labute approximate surface area is 208 Å². The van der Waals surface area contributed by atoms with Gasteiger partial charge in [-0.1, -0.05) is 90.8 Å². The summed E-state index contributed by atoms with van der Waals surface area (Å²) in [5.41, 5.74) is 2.18. The van der Waals surface area contributed by atoms with Crippen LogP contribution in [-0.2, 0) is 4.65 Å². The molecule has 0 aliphatic heterocycles. The topological polar surface area (TPSA) is 9.23 Å². The third-order valence-electron chi connectivity index (χ3n) is 11.6. The van der Waals surface area contributed by atoms with E-state index in [0.717, 1.165) is 23.7 Å². The van der Waals surface area contributed by atoms with E-state index in [1.165, 1.54) is 31.2 Å². The second-order valence-corrected chi connectivity index (χ2v) is 13.9. The summed E-state index contributed by atoms with van der Waals surface area (Å²) in [4.78, 5) is 0. The average molecular weight is 467 g/mol. The molecule has 6 aliphatic rings. The fourth-order valence-electron chi connectivity index (χ4n) is 9.04. The van der Waals surface area contributed by atoms with Crippen molar-refractivity contribution in [2.75, 3.05) is 0 Å². The zero-order chi connectivity index (χ0) is 23.7. The summed E-state index contributed by atoms with van der Waals surface area (Å²) in [5, 5.41) is -0.218. The minimum atomic E-state index is -0.218. The molecule has 7 rings (SSSR count). The molecule has 0 saturated heterocycles. The zero-order valence-corrected chi connectivity index (χ0v) is 22.4. The van der Waals surface area contributed by atoms with Crippen molar-refractivity contribution in [3.8, 4) is 0 Å². The first-order chi connectivity index (χ1) is 15.6. The molecule has 1 nitrogen and oxygen atoms in total. The summed E-state index contributed by atoms with van der Waals surface area (Å²) >= 11 is 6.88. The lowest BCUT2D eigenvalue weighted by molar-refractivity contribution is -0.112. The van der Waals surface area contributed by atoms with Gasteiger partial charge >= 0.3 is 6.92 Å². The van der Waals surface area contributed by atoms with E-state index < -0.39 is 0 Å². The maximum atomic E-state index is 7.28. The molecule has 3 heteroatoms. The Balaban J connectivity index is 1.47. The van der Waals surface area contributed by atoms with Gasteiger partial charge in [-0.25, -0.2) is 0 Å². The maximum Gasteiger partial charge on any atom is 0.300 e. The summed E-state index contributed by atoms with van der Waals surface area (Å²) in [6.45, 7) is 19.4. The van der Waals surface area contributed by atoms with Gasteiger partial charge in [0.25, 0.3) is 0 Å². The molecule has 6 saturated carbocycles. The van der Waals surface area contributed by atoms with E-state index in [2.05, 4.69) is 78.5 Å². The Kier molecular flexibility index (Phi) is 6.14. The Morgan fingerprint density at radius 2 is 1.39 bits per heavy atom. The second kappa shape index (κ2) is 8.44. The number of benzene rings is 1. The van der Waals surface area contributed by atoms with Gasteiger partial charge in [-0.05, 0) is 76.4 Å². The summed E-state index contributed by atoms with van der Waals surface area (Å²) in [5.74, 6) is 6.05. The molecule has 1 aromatic carbocycles. The first kappa shape index (κ1) is 24.0. The van der Waals surface area contributed by atoms with Crippen LogP contribution in [0.15, 0.2) is 43.0 Å². The molecular weight excluding hydrogens is 423 g/mol. The number of hydrogen-bond donors (Lipinski definition) is 0. The number of alkyl halides is 1. The standard InChI is InChI=1S/C30H44BClO/c1-8-27(32)28(20-12-10-9-11-13-20)33-31(25-16-21-14-23(18(25)2)29(21,4)5)26-17-22-15-24(19(26)3)30(22,6)7/h8-13,18-19,21-28H,1,14-17H2,2-7H3/t18-,19-,21+,22+,23-,24-,25-,26-,27-,28-/m1/s1. The van der Waals surface area contributed by atoms with Crippen LogP contribution in [0.3, 0.4) is 0 Å². The Hall–Kier alpha value is -0.725. The van der Waals surface area contributed by atoms with Crippen LogP contribution in [0, 0.1) is 46.3 Å². The molecule has 6 aliphatic carbocycles. The van der Waals surface area contributed by atoms with Crippen LogP contribution in [0.25, 0.3) is 0 Å². The SMILES string of the molecule is C=C[C@@H](Cl)[C@H](OB([C@@H]1C[C@@H]2C[C@H]([C@H]1C)C2(C)C)[C@@H]1C[C@@H]2C[C@H]([C@H]1C)C2(C)C)c1ccccc1. The molecule has 6 fully saturated rings. The van der Waals surface area contributed by atoms with Crippen molar-refractivity contribution in [3.63, 3.8) is 0 Å². The molecule has 0 heterocycles. The fourth-order valence-corrected chi connectivity index (χ4v) is 9.24. The fraction of sp³-hybridized carbons (Fsp3) is 0.733. The molecule has 1 aromatic rings. The Morgan fingerprint density at radius 3 is 1.79 bits per heavy atom. The Morgan fingerprint density at radius 1 is 0.909 bits per heavy atom. The molecule has 180 valence electrons. The summed E-state index contributed by atoms with van der Waals surface area (Å²) < 4.78 is 7.28. The molecular formula is C30H44BClO. The third kappa shape index (κ3) is 3.69. The van der Waals surface area contributed by atoms with Crippen molar-refractivity contribution in [1.82, 2.24) is 0 Å². The van der Waals surface area contributed by atoms with Gasteiger partial charge in [-0.2, -0.15) is 0 Å². The molecule has 4 bridgehead atoms. The monoisotopic (exact) mass is 466 g/mol. The maximum absolute atomic E-state index is 7.28. The van der Waals surface area contributed by atoms with Crippen LogP contribution in [0.2, 0.25) is 11.6 Å². The van der Waals surface area contributed by atoms with E-state index in [1.807, 2.05) is 6.08 Å². The lowest BCUT2D eigenvalue weighted by Gasteiger charge is -2.66. The highest BCUT2D eigenvalue weighted by Crippen LogP contribution is 2.69. The van der Waals surface area contributed by atoms with E-state index in [0.29, 0.717) is 34.3 Å². The average Bonchev–Trinajstić information content (AvgIpc) is 2.80. The second-order valence-electron chi connectivity index (χ2n) is 13.4. The van der Waals surface area contributed by atoms with Crippen molar-refractivity contribution in [2.24, 2.45) is 46.3 Å². The van der Waals surface area contributed by atoms with Crippen molar-refractivity contribution in [3.05, 3.63) is 48.6 Å². The molecule has 0 amide bonds. The molecule has 0 radical (unpaired) electrons. The van der Waals surface area contributed by atoms with Gasteiger partial charge in [0.2, 0.25) is 0 Å². The third-order valence-corrected chi connectivity index (χ3v) is 12.0. The minimum absolute atomic E-state index is 0.132. The van der Waals surface area contributed by atoms with Gasteiger partial charge in [-0.3, -0.25) is 0 Å². The van der Waals surface area contributed by atoms with Gasteiger partial charge in [0, 0.05) is 0 Å². The number of halogens is 1. The van der Waals surface area contributed by atoms with E-state index in [4.69, 9.17) is 16.3 Å². The van der Waals surface area contributed by atoms with Crippen LogP contribution in [0.1, 0.15) is 78.9 Å². The number of hydrogen-bond acceptors (Lipinski definition) is 1. The van der Waals surface area contributed by atoms with Crippen molar-refractivity contribution in [2.45, 2.75) is 90.3 Å². The smallest absolute Gasteiger partial charge is 0.300 e. The predicted octanol–water partition coefficient (Wildman–Crippen LogP) is 8.67. The molecule has 0 spiro atoms. The minimum Gasteiger partial charge on any atom is -0.427 e. The number of rotatable bonds is 7. The number of fused-ring (bicyclic) bond motifs is 4. The summed E-state index contributed by atoms with van der Waals surface area (Å²) in [6.07, 6.45) is 7.21. The Bertz CT molecular complexity index is 823. The zero-order valence-electron chi connectivity index (χ0n) is 21.6. The summed E-state index contributed by atoms with van der Waals surface area (Å²) in [6, 6.07) is 10.6. The lowest BCUT2D eigenvalue weighted by Crippen LogP contribution is -2.60. The molecule has 0 N–H and O–H groups in total. The van der Waals surface area contributed by atoms with Crippen LogP contribution < -0.4 is 0 Å². The van der Waals surface area contributed by atoms with E-state index in [-0.39, 0.29) is 18.4 Å². The summed E-state index contributed by atoms with van der Waals surface area (Å²) in [7, 11) is 0. The van der Waals surface area contributed by atoms with E-state index >= 15 is 0 Å². The van der Waals surface area contributed by atoms with Crippen LogP contribution in [-0.4, -0.2) is 12.3 Å². The van der Waals surface area contributed by atoms with E-state index in [9.17, 15) is 0 Å². The normalized spacial score (nSPS) is 41.8. The largest absolute Gasteiger partial charge is 0.427 e. The highest BCUT2D eigenvalue weighted by atomic mass is 35.5. The van der Waals surface area contributed by atoms with Gasteiger partial charge in [0.1, 0.15) is 0 Å². The quantitative estimate of drug-likeness (QED) is 0.222. The van der Waals surface area contributed by atoms with Gasteiger partial charge < -0.3 is 4.65 Å². The van der Waals surface area contributed by atoms with Gasteiger partial charge in [0.05, 0.1) is 11.5 Å². The molecule has 33 heavy (non-hydrogen) atoms. The van der Waals surface area contributed by atoms with Crippen LogP contribution >= 0.6 is 11.6 Å². The van der Waals surface area contributed by atoms with Crippen LogP contribution in [0.5, 0.6) is 0 Å². The van der Waals surface area contributed by atoms with E-state index in [1.54, 1.807) is 0 Å². The predicted molar refractivity (Wildman–Crippen MR) is 142 cm³/mol. The highest BCUT2D eigenvalue weighted by molar-refractivity contribution is 6.56. The first-order valence-electron chi connectivity index (χ1n) is 13.5. The highest BCUT2D eigenvalue weighted by Gasteiger charge is 2.63. The molecule has 10 atom stereocenters.